The number of carbonyl (C=O) groups is 1. The fraction of sp³-hybridized carbons (Fsp3) is 0.300. The normalized spacial score (nSPS) is 13.6. The van der Waals surface area contributed by atoms with Crippen LogP contribution in [0.25, 0.3) is 10.9 Å². The molecule has 1 aromatic carbocycles. The Morgan fingerprint density at radius 2 is 2.21 bits per heavy atom. The minimum absolute atomic E-state index is 0.0232. The molecule has 9 heteroatoms. The smallest absolute Gasteiger partial charge is 0.293 e. The van der Waals surface area contributed by atoms with Crippen LogP contribution in [0.4, 0.5) is 15.8 Å². The van der Waals surface area contributed by atoms with Gasteiger partial charge >= 0.3 is 0 Å². The topological polar surface area (TPSA) is 88.4 Å². The lowest BCUT2D eigenvalue weighted by Crippen LogP contribution is -2.28. The second kappa shape index (κ2) is 8.64. The zero-order valence-corrected chi connectivity index (χ0v) is 17.6. The predicted octanol–water partition coefficient (Wildman–Crippen LogP) is 3.59. The quantitative estimate of drug-likeness (QED) is 0.245. The molecule has 1 aliphatic rings. The summed E-state index contributed by atoms with van der Waals surface area (Å²) in [6.45, 7) is 0.443. The lowest BCUT2D eigenvalue weighted by molar-refractivity contribution is 0.0162. The van der Waals surface area contributed by atoms with Gasteiger partial charge in [-0.1, -0.05) is 0 Å². The number of nitrogens with zero attached hydrogens (tertiary/aromatic N) is 2. The van der Waals surface area contributed by atoms with Gasteiger partial charge in [-0.3, -0.25) is 14.6 Å². The highest BCUT2D eigenvalue weighted by Crippen LogP contribution is 2.38. The lowest BCUT2D eigenvalue weighted by atomic mass is 10.2. The van der Waals surface area contributed by atoms with Gasteiger partial charge in [0.2, 0.25) is 0 Å². The van der Waals surface area contributed by atoms with Gasteiger partial charge in [-0.2, -0.15) is 0 Å². The molecular weight excluding hydrogens is 490 g/mol. The van der Waals surface area contributed by atoms with E-state index < -0.39 is 11.7 Å². The number of aliphatic hydroxyl groups is 1. The average Bonchev–Trinajstić information content (AvgIpc) is 3.47. The van der Waals surface area contributed by atoms with Gasteiger partial charge in [0.1, 0.15) is 11.5 Å². The number of anilines is 2. The van der Waals surface area contributed by atoms with Gasteiger partial charge in [-0.15, -0.1) is 0 Å². The van der Waals surface area contributed by atoms with Crippen LogP contribution in [-0.4, -0.2) is 33.8 Å². The summed E-state index contributed by atoms with van der Waals surface area (Å²) >= 11 is 2.04. The lowest BCUT2D eigenvalue weighted by Gasteiger charge is -2.13. The van der Waals surface area contributed by atoms with Crippen LogP contribution in [0.1, 0.15) is 23.3 Å². The number of amides is 1. The molecule has 2 aromatic heterocycles. The van der Waals surface area contributed by atoms with Gasteiger partial charge in [0.05, 0.1) is 30.1 Å². The zero-order valence-electron chi connectivity index (χ0n) is 15.5. The van der Waals surface area contributed by atoms with Crippen molar-refractivity contribution >= 4 is 50.8 Å². The number of nitrogens with one attached hydrogen (secondary N) is 2. The van der Waals surface area contributed by atoms with Crippen molar-refractivity contribution < 1.29 is 19.1 Å². The fourth-order valence-electron chi connectivity index (χ4n) is 3.25. The fourth-order valence-corrected chi connectivity index (χ4v) is 3.70. The molecule has 29 heavy (non-hydrogen) atoms. The maximum absolute atomic E-state index is 14.5. The van der Waals surface area contributed by atoms with Crippen LogP contribution in [0.3, 0.4) is 0 Å². The Morgan fingerprint density at radius 1 is 1.38 bits per heavy atom. The molecule has 0 aliphatic heterocycles. The first-order chi connectivity index (χ1) is 14.1. The van der Waals surface area contributed by atoms with Crippen molar-refractivity contribution in [3.63, 3.8) is 0 Å². The Morgan fingerprint density at radius 3 is 2.93 bits per heavy atom. The van der Waals surface area contributed by atoms with E-state index in [2.05, 4.69) is 15.8 Å². The zero-order chi connectivity index (χ0) is 20.4. The number of aromatic nitrogens is 2. The molecule has 1 amide bonds. The van der Waals surface area contributed by atoms with Gasteiger partial charge in [0, 0.05) is 27.9 Å². The third-order valence-electron chi connectivity index (χ3n) is 4.77. The van der Waals surface area contributed by atoms with E-state index >= 15 is 0 Å². The Labute approximate surface area is 180 Å². The maximum atomic E-state index is 14.5. The number of aliphatic hydroxyl groups excluding tert-OH is 1. The molecule has 0 unspecified atom stereocenters. The van der Waals surface area contributed by atoms with E-state index in [1.54, 1.807) is 24.5 Å². The van der Waals surface area contributed by atoms with Crippen LogP contribution in [0.5, 0.6) is 0 Å². The second-order valence-corrected chi connectivity index (χ2v) is 8.17. The first-order valence-corrected chi connectivity index (χ1v) is 10.4. The summed E-state index contributed by atoms with van der Waals surface area (Å²) in [6, 6.07) is 6.70. The number of benzene rings is 1. The van der Waals surface area contributed by atoms with Crippen LogP contribution >= 0.6 is 22.6 Å². The average molecular weight is 510 g/mol. The maximum Gasteiger partial charge on any atom is 0.293 e. The number of halogens is 2. The molecule has 0 saturated heterocycles. The van der Waals surface area contributed by atoms with E-state index in [0.29, 0.717) is 23.8 Å². The molecule has 4 rings (SSSR count). The largest absolute Gasteiger partial charge is 0.394 e. The molecular formula is C20H20FIN4O3. The Bertz CT molecular complexity index is 1050. The van der Waals surface area contributed by atoms with Crippen molar-refractivity contribution in [3.8, 4) is 0 Å². The first-order valence-electron chi connectivity index (χ1n) is 9.29. The molecule has 3 N–H and O–H groups in total. The van der Waals surface area contributed by atoms with Crippen molar-refractivity contribution in [1.82, 2.24) is 15.0 Å². The summed E-state index contributed by atoms with van der Waals surface area (Å²) in [5.41, 5.74) is 4.29. The summed E-state index contributed by atoms with van der Waals surface area (Å²) < 4.78 is 17.2. The minimum atomic E-state index is -0.469. The summed E-state index contributed by atoms with van der Waals surface area (Å²) in [5.74, 6) is -0.373. The van der Waals surface area contributed by atoms with Crippen LogP contribution < -0.4 is 10.8 Å². The molecule has 0 radical (unpaired) electrons. The van der Waals surface area contributed by atoms with Gasteiger partial charge in [0.25, 0.3) is 5.91 Å². The summed E-state index contributed by atoms with van der Waals surface area (Å²) in [7, 11) is 0. The molecule has 3 aromatic rings. The van der Waals surface area contributed by atoms with Crippen LogP contribution in [0.15, 0.2) is 36.7 Å². The van der Waals surface area contributed by atoms with Crippen molar-refractivity contribution in [3.05, 3.63) is 51.7 Å². The Balaban J connectivity index is 1.81. The SMILES string of the molecule is O=C(NOCCO)c1c(Nc2ccc(I)cc2F)c2cnccc2n1CC1CC1. The van der Waals surface area contributed by atoms with Crippen LogP contribution in [0.2, 0.25) is 0 Å². The highest BCUT2D eigenvalue weighted by molar-refractivity contribution is 14.1. The number of hydrogen-bond acceptors (Lipinski definition) is 5. The summed E-state index contributed by atoms with van der Waals surface area (Å²) in [6.07, 6.45) is 5.56. The van der Waals surface area contributed by atoms with Crippen molar-refractivity contribution in [2.75, 3.05) is 18.5 Å². The molecule has 7 nitrogen and oxygen atoms in total. The number of fused-ring (bicyclic) bond motifs is 1. The van der Waals surface area contributed by atoms with E-state index in [0.717, 1.165) is 27.3 Å². The number of hydrogen-bond donors (Lipinski definition) is 3. The Kier molecular flexibility index (Phi) is 5.97. The van der Waals surface area contributed by atoms with Gasteiger partial charge < -0.3 is 15.0 Å². The van der Waals surface area contributed by atoms with Crippen molar-refractivity contribution in [2.45, 2.75) is 19.4 Å². The molecule has 0 atom stereocenters. The van der Waals surface area contributed by atoms with E-state index in [9.17, 15) is 9.18 Å². The predicted molar refractivity (Wildman–Crippen MR) is 115 cm³/mol. The highest BCUT2D eigenvalue weighted by Gasteiger charge is 2.29. The molecule has 1 aliphatic carbocycles. The van der Waals surface area contributed by atoms with E-state index in [-0.39, 0.29) is 18.9 Å². The third kappa shape index (κ3) is 4.36. The van der Waals surface area contributed by atoms with E-state index in [1.807, 2.05) is 33.2 Å². The molecule has 1 fully saturated rings. The van der Waals surface area contributed by atoms with Crippen molar-refractivity contribution in [1.29, 1.82) is 0 Å². The first kappa shape index (κ1) is 20.0. The minimum Gasteiger partial charge on any atom is -0.394 e. The molecule has 2 heterocycles. The third-order valence-corrected chi connectivity index (χ3v) is 5.44. The molecule has 0 bridgehead atoms. The van der Waals surface area contributed by atoms with E-state index in [1.165, 1.54) is 6.07 Å². The highest BCUT2D eigenvalue weighted by atomic mass is 127. The molecule has 0 spiro atoms. The molecule has 152 valence electrons. The van der Waals surface area contributed by atoms with E-state index in [4.69, 9.17) is 9.94 Å². The van der Waals surface area contributed by atoms with Crippen LogP contribution in [-0.2, 0) is 11.4 Å². The summed E-state index contributed by atoms with van der Waals surface area (Å²) in [5, 5.41) is 12.7. The number of rotatable bonds is 8. The number of hydroxylamine groups is 1. The molecule has 1 saturated carbocycles. The number of carbonyl (C=O) groups excluding carboxylic acids is 1. The Hall–Kier alpha value is -2.24. The second-order valence-electron chi connectivity index (χ2n) is 6.92. The summed E-state index contributed by atoms with van der Waals surface area (Å²) in [4.78, 5) is 22.2. The standard InChI is InChI=1S/C20H20FIN4O3/c21-15-9-13(22)3-4-16(15)24-18-14-10-23-6-5-17(14)26(11-12-1-2-12)19(18)20(28)25-29-8-7-27/h3-6,9-10,12,24,27H,1-2,7-8,11H2,(H,25,28). The van der Waals surface area contributed by atoms with Gasteiger partial charge in [0.15, 0.2) is 0 Å². The monoisotopic (exact) mass is 510 g/mol. The van der Waals surface area contributed by atoms with Crippen molar-refractivity contribution in [2.24, 2.45) is 5.92 Å². The van der Waals surface area contributed by atoms with Crippen LogP contribution in [0, 0.1) is 15.3 Å². The van der Waals surface area contributed by atoms with Gasteiger partial charge in [-0.05, 0) is 65.6 Å². The number of pyridine rings is 1. The van der Waals surface area contributed by atoms with Gasteiger partial charge in [-0.25, -0.2) is 9.87 Å².